The molecule has 28 heavy (non-hydrogen) atoms. The Morgan fingerprint density at radius 2 is 2.04 bits per heavy atom. The second-order valence-corrected chi connectivity index (χ2v) is 7.93. The molecule has 0 aliphatic heterocycles. The molecule has 1 aliphatic rings. The predicted molar refractivity (Wildman–Crippen MR) is 108 cm³/mol. The second kappa shape index (κ2) is 8.32. The zero-order valence-corrected chi connectivity index (χ0v) is 16.4. The molecule has 3 aromatic rings. The van der Waals surface area contributed by atoms with Crippen LogP contribution in [0.4, 0.5) is 4.39 Å². The van der Waals surface area contributed by atoms with Gasteiger partial charge in [0.25, 0.3) is 0 Å². The highest BCUT2D eigenvalue weighted by Crippen LogP contribution is 2.37. The van der Waals surface area contributed by atoms with Crippen LogP contribution in [0, 0.1) is 5.82 Å². The van der Waals surface area contributed by atoms with Gasteiger partial charge in [0.2, 0.25) is 5.91 Å². The average Bonchev–Trinajstić information content (AvgIpc) is 3.44. The summed E-state index contributed by atoms with van der Waals surface area (Å²) in [5, 5.41) is 3.32. The largest absolute Gasteiger partial charge is 0.383 e. The van der Waals surface area contributed by atoms with E-state index >= 15 is 0 Å². The number of hydrogen-bond donors (Lipinski definition) is 1. The number of nitrogens with zero attached hydrogens (tertiary/aromatic N) is 2. The van der Waals surface area contributed by atoms with Crippen molar-refractivity contribution in [2.45, 2.75) is 35.8 Å². The zero-order chi connectivity index (χ0) is 19.5. The summed E-state index contributed by atoms with van der Waals surface area (Å²) < 4.78 is 20.7. The molecular formula is C21H22FN3O2S. The first-order valence-electron chi connectivity index (χ1n) is 9.32. The SMILES string of the molecule is COCCn1c(SC(C(=O)NC2CC2)c2ccc(F)cc2)nc2ccccc21. The summed E-state index contributed by atoms with van der Waals surface area (Å²) in [4.78, 5) is 17.7. The molecule has 0 saturated heterocycles. The van der Waals surface area contributed by atoms with Crippen molar-refractivity contribution in [2.24, 2.45) is 0 Å². The van der Waals surface area contributed by atoms with Gasteiger partial charge in [0, 0.05) is 19.7 Å². The molecule has 146 valence electrons. The predicted octanol–water partition coefficient (Wildman–Crippen LogP) is 3.93. The first-order valence-corrected chi connectivity index (χ1v) is 10.2. The summed E-state index contributed by atoms with van der Waals surface area (Å²) in [5.41, 5.74) is 2.64. The molecule has 2 aromatic carbocycles. The number of carbonyl (C=O) groups excluding carboxylic acids is 1. The Bertz CT molecular complexity index is 969. The zero-order valence-electron chi connectivity index (χ0n) is 15.6. The van der Waals surface area contributed by atoms with Crippen molar-refractivity contribution in [3.8, 4) is 0 Å². The van der Waals surface area contributed by atoms with Gasteiger partial charge < -0.3 is 14.6 Å². The number of hydrogen-bond acceptors (Lipinski definition) is 4. The van der Waals surface area contributed by atoms with Crippen molar-refractivity contribution < 1.29 is 13.9 Å². The number of para-hydroxylation sites is 2. The Balaban J connectivity index is 1.69. The van der Waals surface area contributed by atoms with Crippen molar-refractivity contribution in [3.63, 3.8) is 0 Å². The Hall–Kier alpha value is -2.38. The van der Waals surface area contributed by atoms with Gasteiger partial charge >= 0.3 is 0 Å². The Kier molecular flexibility index (Phi) is 5.64. The van der Waals surface area contributed by atoms with Crippen LogP contribution in [0.25, 0.3) is 11.0 Å². The number of rotatable bonds is 8. The number of halogens is 1. The fourth-order valence-corrected chi connectivity index (χ4v) is 4.21. The summed E-state index contributed by atoms with van der Waals surface area (Å²) in [7, 11) is 1.66. The van der Waals surface area contributed by atoms with E-state index in [1.165, 1.54) is 23.9 Å². The maximum atomic E-state index is 13.4. The van der Waals surface area contributed by atoms with Gasteiger partial charge in [0.1, 0.15) is 11.1 Å². The fourth-order valence-electron chi connectivity index (χ4n) is 3.06. The monoisotopic (exact) mass is 399 g/mol. The van der Waals surface area contributed by atoms with Crippen molar-refractivity contribution in [3.05, 3.63) is 59.9 Å². The first-order chi connectivity index (χ1) is 13.7. The number of aromatic nitrogens is 2. The molecule has 0 bridgehead atoms. The maximum Gasteiger partial charge on any atom is 0.238 e. The minimum absolute atomic E-state index is 0.0653. The van der Waals surface area contributed by atoms with Crippen LogP contribution in [0.15, 0.2) is 53.7 Å². The summed E-state index contributed by atoms with van der Waals surface area (Å²) in [6, 6.07) is 14.3. The number of imidazole rings is 1. The molecule has 5 nitrogen and oxygen atoms in total. The van der Waals surface area contributed by atoms with Crippen LogP contribution in [-0.2, 0) is 16.1 Å². The van der Waals surface area contributed by atoms with E-state index in [-0.39, 0.29) is 17.8 Å². The molecule has 0 spiro atoms. The smallest absolute Gasteiger partial charge is 0.238 e. The molecule has 4 rings (SSSR count). The van der Waals surface area contributed by atoms with Crippen molar-refractivity contribution >= 4 is 28.7 Å². The number of amides is 1. The lowest BCUT2D eigenvalue weighted by Gasteiger charge is -2.17. The highest BCUT2D eigenvalue weighted by Gasteiger charge is 2.30. The number of carbonyl (C=O) groups is 1. The van der Waals surface area contributed by atoms with Crippen molar-refractivity contribution in [2.75, 3.05) is 13.7 Å². The van der Waals surface area contributed by atoms with Crippen LogP contribution in [0.2, 0.25) is 0 Å². The highest BCUT2D eigenvalue weighted by atomic mass is 32.2. The molecule has 1 fully saturated rings. The van der Waals surface area contributed by atoms with E-state index in [2.05, 4.69) is 9.88 Å². The molecule has 1 aliphatic carbocycles. The summed E-state index contributed by atoms with van der Waals surface area (Å²) in [6.07, 6.45) is 2.03. The third-order valence-electron chi connectivity index (χ3n) is 4.70. The Morgan fingerprint density at radius 1 is 1.29 bits per heavy atom. The number of thioether (sulfide) groups is 1. The molecular weight excluding hydrogens is 377 g/mol. The van der Waals surface area contributed by atoms with E-state index in [1.807, 2.05) is 24.3 Å². The van der Waals surface area contributed by atoms with E-state index in [9.17, 15) is 9.18 Å². The van der Waals surface area contributed by atoms with Crippen molar-refractivity contribution in [1.29, 1.82) is 0 Å². The third kappa shape index (κ3) is 4.20. The summed E-state index contributed by atoms with van der Waals surface area (Å²) in [6.45, 7) is 1.18. The van der Waals surface area contributed by atoms with Gasteiger partial charge in [-0.3, -0.25) is 4.79 Å². The minimum Gasteiger partial charge on any atom is -0.383 e. The normalized spacial score (nSPS) is 14.9. The van der Waals surface area contributed by atoms with Gasteiger partial charge in [-0.2, -0.15) is 0 Å². The molecule has 1 atom stereocenters. The molecule has 0 radical (unpaired) electrons. The molecule has 1 aromatic heterocycles. The lowest BCUT2D eigenvalue weighted by molar-refractivity contribution is -0.120. The second-order valence-electron chi connectivity index (χ2n) is 6.86. The van der Waals surface area contributed by atoms with Crippen molar-refractivity contribution in [1.82, 2.24) is 14.9 Å². The van der Waals surface area contributed by atoms with Crippen LogP contribution in [0.5, 0.6) is 0 Å². The quantitative estimate of drug-likeness (QED) is 0.583. The standard InChI is InChI=1S/C21H22FN3O2S/c1-27-13-12-25-18-5-3-2-4-17(18)24-21(25)28-19(20(26)23-16-10-11-16)14-6-8-15(22)9-7-14/h2-9,16,19H,10-13H2,1H3,(H,23,26). The fraction of sp³-hybridized carbons (Fsp3) is 0.333. The third-order valence-corrected chi connectivity index (χ3v) is 5.94. The van der Waals surface area contributed by atoms with Crippen LogP contribution >= 0.6 is 11.8 Å². The lowest BCUT2D eigenvalue weighted by Crippen LogP contribution is -2.30. The van der Waals surface area contributed by atoms with Gasteiger partial charge in [0.15, 0.2) is 5.16 Å². The van der Waals surface area contributed by atoms with Gasteiger partial charge in [-0.05, 0) is 42.7 Å². The van der Waals surface area contributed by atoms with Crippen LogP contribution in [-0.4, -0.2) is 35.2 Å². The topological polar surface area (TPSA) is 56.1 Å². The van der Waals surface area contributed by atoms with E-state index in [4.69, 9.17) is 9.72 Å². The van der Waals surface area contributed by atoms with Crippen LogP contribution < -0.4 is 5.32 Å². The number of nitrogens with one attached hydrogen (secondary N) is 1. The van der Waals surface area contributed by atoms with Gasteiger partial charge in [-0.1, -0.05) is 36.0 Å². The number of methoxy groups -OCH3 is 1. The van der Waals surface area contributed by atoms with Gasteiger partial charge in [-0.15, -0.1) is 0 Å². The van der Waals surface area contributed by atoms with Gasteiger partial charge in [-0.25, -0.2) is 9.37 Å². The number of ether oxygens (including phenoxy) is 1. The van der Waals surface area contributed by atoms with E-state index in [0.717, 1.165) is 34.6 Å². The van der Waals surface area contributed by atoms with Crippen LogP contribution in [0.3, 0.4) is 0 Å². The molecule has 1 amide bonds. The Morgan fingerprint density at radius 3 is 2.75 bits per heavy atom. The Labute approximate surface area is 167 Å². The first kappa shape index (κ1) is 19.0. The minimum atomic E-state index is -0.501. The molecule has 1 unspecified atom stereocenters. The van der Waals surface area contributed by atoms with E-state index in [0.29, 0.717) is 13.2 Å². The number of benzene rings is 2. The highest BCUT2D eigenvalue weighted by molar-refractivity contribution is 8.00. The summed E-state index contributed by atoms with van der Waals surface area (Å²) in [5.74, 6) is -0.383. The van der Waals surface area contributed by atoms with E-state index in [1.54, 1.807) is 19.2 Å². The molecule has 1 heterocycles. The maximum absolute atomic E-state index is 13.4. The van der Waals surface area contributed by atoms with Gasteiger partial charge in [0.05, 0.1) is 17.6 Å². The molecule has 1 saturated carbocycles. The average molecular weight is 399 g/mol. The molecule has 7 heteroatoms. The molecule has 1 N–H and O–H groups in total. The van der Waals surface area contributed by atoms with E-state index < -0.39 is 5.25 Å². The number of fused-ring (bicyclic) bond motifs is 1. The lowest BCUT2D eigenvalue weighted by atomic mass is 10.1. The summed E-state index contributed by atoms with van der Waals surface area (Å²) >= 11 is 1.39. The van der Waals surface area contributed by atoms with Crippen LogP contribution in [0.1, 0.15) is 23.7 Å².